The van der Waals surface area contributed by atoms with Crippen molar-refractivity contribution in [2.45, 2.75) is 52.6 Å². The van der Waals surface area contributed by atoms with Crippen LogP contribution in [-0.4, -0.2) is 95.2 Å². The Morgan fingerprint density at radius 3 is 2.59 bits per heavy atom. The minimum Gasteiger partial charge on any atom is -0.379 e. The zero-order valence-corrected chi connectivity index (χ0v) is 26.0. The standard InChI is InChI=1S/C31H47N9O4/c1-3-4-5-10-35-30-29-26(36-31(32)37-30)8-12-40(29)21-25-7-6-24(19-23(25)2)20-38-13-15-39(16-14-38)28(42)9-17-43-18-11-34-27(41)22-44-33/h6-8,12,19H,3-5,9-11,13-18,20-22,33H2,1-2H3,(H,34,41)(H3,32,35,36,37). The molecular formula is C31H47N9O4. The van der Waals surface area contributed by atoms with Crippen molar-refractivity contribution in [2.24, 2.45) is 5.90 Å². The Labute approximate surface area is 259 Å². The molecule has 44 heavy (non-hydrogen) atoms. The van der Waals surface area contributed by atoms with Crippen molar-refractivity contribution >= 4 is 34.6 Å². The van der Waals surface area contributed by atoms with E-state index in [1.165, 1.54) is 29.5 Å². The van der Waals surface area contributed by atoms with E-state index in [4.69, 9.17) is 16.4 Å². The van der Waals surface area contributed by atoms with E-state index >= 15 is 0 Å². The molecule has 2 amide bonds. The highest BCUT2D eigenvalue weighted by atomic mass is 16.6. The highest BCUT2D eigenvalue weighted by Crippen LogP contribution is 2.25. The van der Waals surface area contributed by atoms with Crippen LogP contribution in [0.1, 0.15) is 49.3 Å². The van der Waals surface area contributed by atoms with Gasteiger partial charge in [0.05, 0.1) is 25.2 Å². The molecule has 0 radical (unpaired) electrons. The van der Waals surface area contributed by atoms with Crippen LogP contribution in [0.15, 0.2) is 30.5 Å². The average Bonchev–Trinajstić information content (AvgIpc) is 3.41. The summed E-state index contributed by atoms with van der Waals surface area (Å²) in [5, 5.41) is 6.08. The van der Waals surface area contributed by atoms with Crippen LogP contribution in [0.25, 0.3) is 11.0 Å². The van der Waals surface area contributed by atoms with Crippen molar-refractivity contribution in [3.8, 4) is 0 Å². The molecule has 4 rings (SSSR count). The number of nitrogen functional groups attached to an aromatic ring is 1. The number of fused-ring (bicyclic) bond motifs is 1. The summed E-state index contributed by atoms with van der Waals surface area (Å²) in [6.07, 6.45) is 5.80. The maximum atomic E-state index is 12.6. The molecule has 1 fully saturated rings. The second-order valence-electron chi connectivity index (χ2n) is 11.2. The molecule has 3 heterocycles. The number of hydrogen-bond acceptors (Lipinski definition) is 10. The molecule has 0 saturated carbocycles. The normalized spacial score (nSPS) is 13.8. The molecule has 2 aromatic heterocycles. The van der Waals surface area contributed by atoms with Crippen molar-refractivity contribution in [1.82, 2.24) is 29.7 Å². The molecule has 13 heteroatoms. The first kappa shape index (κ1) is 33.1. The van der Waals surface area contributed by atoms with E-state index in [0.29, 0.717) is 39.3 Å². The zero-order valence-electron chi connectivity index (χ0n) is 26.0. The number of carbonyl (C=O) groups excluding carboxylic acids is 2. The van der Waals surface area contributed by atoms with Gasteiger partial charge in [-0.15, -0.1) is 0 Å². The number of aryl methyl sites for hydroxylation is 1. The summed E-state index contributed by atoms with van der Waals surface area (Å²) in [4.78, 5) is 41.4. The highest BCUT2D eigenvalue weighted by molar-refractivity contribution is 5.87. The summed E-state index contributed by atoms with van der Waals surface area (Å²) >= 11 is 0. The number of nitrogens with one attached hydrogen (secondary N) is 2. The van der Waals surface area contributed by atoms with Gasteiger partial charge in [0.25, 0.3) is 0 Å². The SMILES string of the molecule is CCCCCNc1nc(N)nc2ccn(Cc3ccc(CN4CCN(C(=O)CCOCCNC(=O)CON)CC4)cc3C)c12. The van der Waals surface area contributed by atoms with E-state index in [0.717, 1.165) is 56.0 Å². The average molecular weight is 610 g/mol. The molecule has 0 unspecified atom stereocenters. The molecule has 0 aliphatic carbocycles. The Hall–Kier alpha value is -3.78. The van der Waals surface area contributed by atoms with Crippen LogP contribution in [0.2, 0.25) is 0 Å². The molecule has 3 aromatic rings. The molecule has 1 saturated heterocycles. The van der Waals surface area contributed by atoms with Crippen LogP contribution in [0.4, 0.5) is 11.8 Å². The monoisotopic (exact) mass is 609 g/mol. The molecule has 0 bridgehead atoms. The molecule has 1 aliphatic heterocycles. The number of ether oxygens (including phenoxy) is 1. The van der Waals surface area contributed by atoms with Crippen molar-refractivity contribution in [3.63, 3.8) is 0 Å². The van der Waals surface area contributed by atoms with Gasteiger partial charge < -0.3 is 30.6 Å². The van der Waals surface area contributed by atoms with Crippen LogP contribution in [0.5, 0.6) is 0 Å². The van der Waals surface area contributed by atoms with Crippen molar-refractivity contribution in [2.75, 3.05) is 70.1 Å². The Morgan fingerprint density at radius 2 is 1.84 bits per heavy atom. The van der Waals surface area contributed by atoms with Crippen LogP contribution < -0.4 is 22.3 Å². The smallest absolute Gasteiger partial charge is 0.248 e. The van der Waals surface area contributed by atoms with Gasteiger partial charge in [-0.3, -0.25) is 19.3 Å². The number of nitrogens with two attached hydrogens (primary N) is 2. The molecular weight excluding hydrogens is 562 g/mol. The van der Waals surface area contributed by atoms with Gasteiger partial charge in [0, 0.05) is 58.6 Å². The van der Waals surface area contributed by atoms with Gasteiger partial charge in [0.15, 0.2) is 5.82 Å². The number of piperazine rings is 1. The van der Waals surface area contributed by atoms with Crippen molar-refractivity contribution in [1.29, 1.82) is 0 Å². The zero-order chi connectivity index (χ0) is 31.3. The van der Waals surface area contributed by atoms with Crippen LogP contribution >= 0.6 is 0 Å². The third-order valence-corrected chi connectivity index (χ3v) is 7.82. The molecule has 240 valence electrons. The first-order chi connectivity index (χ1) is 21.4. The predicted molar refractivity (Wildman–Crippen MR) is 171 cm³/mol. The maximum Gasteiger partial charge on any atom is 0.248 e. The summed E-state index contributed by atoms with van der Waals surface area (Å²) < 4.78 is 7.66. The number of hydrogen-bond donors (Lipinski definition) is 4. The number of amides is 2. The van der Waals surface area contributed by atoms with Gasteiger partial charge in [0.2, 0.25) is 17.8 Å². The van der Waals surface area contributed by atoms with E-state index in [1.54, 1.807) is 0 Å². The predicted octanol–water partition coefficient (Wildman–Crippen LogP) is 2.03. The summed E-state index contributed by atoms with van der Waals surface area (Å²) in [5.41, 5.74) is 11.5. The Balaban J connectivity index is 1.24. The third kappa shape index (κ3) is 9.61. The van der Waals surface area contributed by atoms with E-state index in [9.17, 15) is 9.59 Å². The number of nitrogens with zero attached hydrogens (tertiary/aromatic N) is 5. The second kappa shape index (κ2) is 16.9. The minimum absolute atomic E-state index is 0.0929. The quantitative estimate of drug-likeness (QED) is 0.131. The Morgan fingerprint density at radius 1 is 1.02 bits per heavy atom. The fraction of sp³-hybridized carbons (Fsp3) is 0.548. The summed E-state index contributed by atoms with van der Waals surface area (Å²) in [6, 6.07) is 8.67. The Bertz CT molecular complexity index is 1370. The summed E-state index contributed by atoms with van der Waals surface area (Å²) in [6.45, 7) is 10.6. The van der Waals surface area contributed by atoms with E-state index < -0.39 is 0 Å². The fourth-order valence-electron chi connectivity index (χ4n) is 5.40. The largest absolute Gasteiger partial charge is 0.379 e. The lowest BCUT2D eigenvalue weighted by Gasteiger charge is -2.35. The number of anilines is 2. The van der Waals surface area contributed by atoms with Crippen molar-refractivity contribution < 1.29 is 19.2 Å². The summed E-state index contributed by atoms with van der Waals surface area (Å²) in [5.74, 6) is 5.71. The molecule has 0 spiro atoms. The minimum atomic E-state index is -0.302. The first-order valence-corrected chi connectivity index (χ1v) is 15.5. The van der Waals surface area contributed by atoms with Crippen LogP contribution in [0.3, 0.4) is 0 Å². The number of unbranched alkanes of at least 4 members (excludes halogenated alkanes) is 2. The van der Waals surface area contributed by atoms with Crippen LogP contribution in [0, 0.1) is 6.92 Å². The van der Waals surface area contributed by atoms with Gasteiger partial charge in [-0.2, -0.15) is 4.98 Å². The van der Waals surface area contributed by atoms with Gasteiger partial charge in [-0.1, -0.05) is 38.0 Å². The summed E-state index contributed by atoms with van der Waals surface area (Å²) in [7, 11) is 0. The van der Waals surface area contributed by atoms with E-state index in [-0.39, 0.29) is 24.4 Å². The molecule has 0 atom stereocenters. The lowest BCUT2D eigenvalue weighted by Crippen LogP contribution is -2.48. The fourth-order valence-corrected chi connectivity index (χ4v) is 5.40. The number of benzene rings is 1. The number of carbonyl (C=O) groups is 2. The molecule has 13 nitrogen and oxygen atoms in total. The molecule has 1 aromatic carbocycles. The van der Waals surface area contributed by atoms with Gasteiger partial charge in [0.1, 0.15) is 12.1 Å². The molecule has 6 N–H and O–H groups in total. The lowest BCUT2D eigenvalue weighted by atomic mass is 10.0. The van der Waals surface area contributed by atoms with Crippen LogP contribution in [-0.2, 0) is 32.3 Å². The second-order valence-corrected chi connectivity index (χ2v) is 11.2. The molecule has 1 aliphatic rings. The van der Waals surface area contributed by atoms with E-state index in [1.807, 2.05) is 11.0 Å². The third-order valence-electron chi connectivity index (χ3n) is 7.82. The first-order valence-electron chi connectivity index (χ1n) is 15.5. The number of aromatic nitrogens is 3. The van der Waals surface area contributed by atoms with Crippen molar-refractivity contribution in [3.05, 3.63) is 47.2 Å². The highest BCUT2D eigenvalue weighted by Gasteiger charge is 2.21. The van der Waals surface area contributed by atoms with E-state index in [2.05, 4.69) is 73.1 Å². The van der Waals surface area contributed by atoms with Gasteiger partial charge >= 0.3 is 0 Å². The van der Waals surface area contributed by atoms with Gasteiger partial charge in [-0.25, -0.2) is 10.9 Å². The Kier molecular flexibility index (Phi) is 12.7. The number of rotatable bonds is 17. The lowest BCUT2D eigenvalue weighted by molar-refractivity contribution is -0.134. The maximum absolute atomic E-state index is 12.6. The van der Waals surface area contributed by atoms with Gasteiger partial charge in [-0.05, 0) is 36.1 Å². The topological polar surface area (TPSA) is 166 Å².